The lowest BCUT2D eigenvalue weighted by Gasteiger charge is -2.29. The van der Waals surface area contributed by atoms with Crippen molar-refractivity contribution in [1.82, 2.24) is 14.5 Å². The summed E-state index contributed by atoms with van der Waals surface area (Å²) in [6.45, 7) is 5.20. The number of pyridine rings is 1. The van der Waals surface area contributed by atoms with Gasteiger partial charge in [-0.2, -0.15) is 0 Å². The van der Waals surface area contributed by atoms with Crippen molar-refractivity contribution in [3.05, 3.63) is 51.8 Å². The van der Waals surface area contributed by atoms with Gasteiger partial charge in [0, 0.05) is 11.8 Å². The van der Waals surface area contributed by atoms with Crippen molar-refractivity contribution < 1.29 is 9.50 Å². The van der Waals surface area contributed by atoms with E-state index in [1.165, 1.54) is 22.9 Å². The van der Waals surface area contributed by atoms with Crippen molar-refractivity contribution >= 4 is 22.8 Å². The zero-order chi connectivity index (χ0) is 18.4. The van der Waals surface area contributed by atoms with Gasteiger partial charge in [0.2, 0.25) is 0 Å². The predicted molar refractivity (Wildman–Crippen MR) is 96.4 cm³/mol. The van der Waals surface area contributed by atoms with Crippen LogP contribution < -0.4 is 5.69 Å². The van der Waals surface area contributed by atoms with E-state index in [9.17, 15) is 14.3 Å². The highest BCUT2D eigenvalue weighted by Gasteiger charge is 2.31. The van der Waals surface area contributed by atoms with E-state index in [0.29, 0.717) is 33.7 Å². The van der Waals surface area contributed by atoms with Gasteiger partial charge in [0.25, 0.3) is 0 Å². The summed E-state index contributed by atoms with van der Waals surface area (Å²) in [7, 11) is 0. The molecule has 0 aliphatic carbocycles. The van der Waals surface area contributed by atoms with E-state index in [1.54, 1.807) is 26.0 Å². The lowest BCUT2D eigenvalue weighted by molar-refractivity contribution is 0.0217. The summed E-state index contributed by atoms with van der Waals surface area (Å²) < 4.78 is 14.8. The average molecular weight is 364 g/mol. The van der Waals surface area contributed by atoms with Crippen molar-refractivity contribution in [2.75, 3.05) is 0 Å². The van der Waals surface area contributed by atoms with E-state index in [2.05, 4.69) is 9.97 Å². The van der Waals surface area contributed by atoms with Crippen LogP contribution in [-0.2, 0) is 0 Å². The minimum Gasteiger partial charge on any atom is -0.388 e. The van der Waals surface area contributed by atoms with Gasteiger partial charge in [0.1, 0.15) is 5.82 Å². The molecule has 0 fully saturated rings. The maximum absolute atomic E-state index is 13.3. The maximum Gasteiger partial charge on any atom is 0.328 e. The minimum absolute atomic E-state index is 0.345. The number of aromatic amines is 1. The smallest absolute Gasteiger partial charge is 0.328 e. The van der Waals surface area contributed by atoms with Gasteiger partial charge in [0.05, 0.1) is 22.2 Å². The van der Waals surface area contributed by atoms with Gasteiger partial charge in [-0.05, 0) is 38.0 Å². The molecule has 132 valence electrons. The Labute approximate surface area is 149 Å². The van der Waals surface area contributed by atoms with Crippen molar-refractivity contribution in [3.63, 3.8) is 0 Å². The van der Waals surface area contributed by atoms with Gasteiger partial charge in [-0.15, -0.1) is 0 Å². The van der Waals surface area contributed by atoms with Gasteiger partial charge in [0.15, 0.2) is 5.65 Å². The first-order valence-electron chi connectivity index (χ1n) is 8.01. The number of hydrogen-bond acceptors (Lipinski definition) is 3. The molecule has 0 unspecified atom stereocenters. The molecule has 0 radical (unpaired) electrons. The Balaban J connectivity index is 2.40. The second-order valence-electron chi connectivity index (χ2n) is 6.56. The summed E-state index contributed by atoms with van der Waals surface area (Å²) in [4.78, 5) is 19.5. The summed E-state index contributed by atoms with van der Waals surface area (Å²) in [5.41, 5.74) is 0.609. The number of hydrogen-bond donors (Lipinski definition) is 2. The quantitative estimate of drug-likeness (QED) is 0.738. The fourth-order valence-corrected chi connectivity index (χ4v) is 3.50. The van der Waals surface area contributed by atoms with Crippen LogP contribution in [-0.4, -0.2) is 25.2 Å². The molecule has 0 saturated carbocycles. The highest BCUT2D eigenvalue weighted by molar-refractivity contribution is 6.34. The Morgan fingerprint density at radius 2 is 2.00 bits per heavy atom. The van der Waals surface area contributed by atoms with Crippen molar-refractivity contribution in [2.24, 2.45) is 0 Å². The second kappa shape index (κ2) is 6.28. The molecule has 5 nitrogen and oxygen atoms in total. The summed E-state index contributed by atoms with van der Waals surface area (Å²) in [6, 6.07) is 5.39. The van der Waals surface area contributed by atoms with Crippen LogP contribution in [0, 0.1) is 5.82 Å². The first-order chi connectivity index (χ1) is 11.7. The molecular formula is C18H19ClFN3O2. The molecule has 0 bridgehead atoms. The fourth-order valence-electron chi connectivity index (χ4n) is 3.25. The molecule has 7 heteroatoms. The average Bonchev–Trinajstić information content (AvgIpc) is 2.85. The van der Waals surface area contributed by atoms with Crippen LogP contribution in [0.25, 0.3) is 22.3 Å². The predicted octanol–water partition coefficient (Wildman–Crippen LogP) is 3.91. The number of nitrogens with zero attached hydrogens (tertiary/aromatic N) is 2. The summed E-state index contributed by atoms with van der Waals surface area (Å²) >= 11 is 6.37. The van der Waals surface area contributed by atoms with E-state index in [4.69, 9.17) is 11.6 Å². The zero-order valence-electron chi connectivity index (χ0n) is 14.2. The Hall–Kier alpha value is -2.18. The molecule has 1 aromatic carbocycles. The van der Waals surface area contributed by atoms with Gasteiger partial charge >= 0.3 is 5.69 Å². The molecule has 0 aliphatic rings. The van der Waals surface area contributed by atoms with Gasteiger partial charge in [-0.1, -0.05) is 30.7 Å². The normalized spacial score (nSPS) is 13.4. The molecule has 3 aromatic rings. The van der Waals surface area contributed by atoms with Crippen molar-refractivity contribution in [2.45, 2.75) is 38.8 Å². The molecule has 3 rings (SSSR count). The summed E-state index contributed by atoms with van der Waals surface area (Å²) in [5, 5.41) is 10.9. The zero-order valence-corrected chi connectivity index (χ0v) is 14.9. The first-order valence-corrected chi connectivity index (χ1v) is 8.38. The van der Waals surface area contributed by atoms with Gasteiger partial charge in [-0.25, -0.2) is 14.2 Å². The van der Waals surface area contributed by atoms with Crippen LogP contribution in [0.3, 0.4) is 0 Å². The largest absolute Gasteiger partial charge is 0.388 e. The van der Waals surface area contributed by atoms with Crippen LogP contribution >= 0.6 is 11.6 Å². The number of aromatic nitrogens is 3. The number of nitrogens with one attached hydrogen (secondary N) is 1. The molecule has 0 saturated heterocycles. The van der Waals surface area contributed by atoms with E-state index in [-0.39, 0.29) is 11.5 Å². The highest BCUT2D eigenvalue weighted by Crippen LogP contribution is 2.36. The molecule has 0 amide bonds. The van der Waals surface area contributed by atoms with Crippen LogP contribution in [0.2, 0.25) is 5.02 Å². The van der Waals surface area contributed by atoms with Gasteiger partial charge in [-0.3, -0.25) is 9.55 Å². The maximum atomic E-state index is 13.3. The van der Waals surface area contributed by atoms with Crippen molar-refractivity contribution in [3.8, 4) is 11.1 Å². The number of imidazole rings is 1. The number of halogens is 2. The van der Waals surface area contributed by atoms with Crippen LogP contribution in [0.4, 0.5) is 4.39 Å². The molecule has 2 aromatic heterocycles. The Morgan fingerprint density at radius 3 is 2.56 bits per heavy atom. The lowest BCUT2D eigenvalue weighted by atomic mass is 9.95. The number of fused-ring (bicyclic) bond motifs is 1. The van der Waals surface area contributed by atoms with E-state index in [0.717, 1.165) is 0 Å². The summed E-state index contributed by atoms with van der Waals surface area (Å²) in [5.74, 6) is -0.362. The van der Waals surface area contributed by atoms with Gasteiger partial charge < -0.3 is 5.11 Å². The van der Waals surface area contributed by atoms with E-state index in [1.807, 2.05) is 6.92 Å². The number of rotatable bonds is 4. The van der Waals surface area contributed by atoms with Crippen LogP contribution in [0.1, 0.15) is 33.2 Å². The van der Waals surface area contributed by atoms with Crippen LogP contribution in [0.5, 0.6) is 0 Å². The van der Waals surface area contributed by atoms with Crippen molar-refractivity contribution in [1.29, 1.82) is 0 Å². The molecule has 0 aliphatic heterocycles. The third-order valence-electron chi connectivity index (χ3n) is 4.34. The first kappa shape index (κ1) is 17.6. The Bertz CT molecular complexity index is 971. The second-order valence-corrected chi connectivity index (χ2v) is 6.97. The molecule has 2 heterocycles. The molecule has 25 heavy (non-hydrogen) atoms. The molecule has 1 atom stereocenters. The Kier molecular flexibility index (Phi) is 4.43. The number of aliphatic hydroxyl groups is 1. The third-order valence-corrected chi connectivity index (χ3v) is 4.63. The monoisotopic (exact) mass is 363 g/mol. The fraction of sp³-hybridized carbons (Fsp3) is 0.333. The number of benzene rings is 1. The molecule has 0 spiro atoms. The Morgan fingerprint density at radius 1 is 1.36 bits per heavy atom. The van der Waals surface area contributed by atoms with E-state index < -0.39 is 11.6 Å². The molecular weight excluding hydrogens is 345 g/mol. The topological polar surface area (TPSA) is 70.9 Å². The molecule has 2 N–H and O–H groups in total. The minimum atomic E-state index is -1.13. The van der Waals surface area contributed by atoms with Crippen LogP contribution in [0.15, 0.2) is 35.3 Å². The standard InChI is InChI=1S/C18H19ClFN3O2/c1-4-13(18(2,3)25)23-15-14(10-5-7-11(20)8-6-10)12(19)9-21-16(15)22-17(23)24/h5-9,13,25H,4H2,1-3H3,(H,21,22,24)/t13-/m0/s1. The SMILES string of the molecule is CC[C@H](n1c(=O)[nH]c2ncc(Cl)c(-c3ccc(F)cc3)c21)C(C)(C)O. The summed E-state index contributed by atoms with van der Waals surface area (Å²) in [6.07, 6.45) is 1.99. The highest BCUT2D eigenvalue weighted by atomic mass is 35.5. The van der Waals surface area contributed by atoms with E-state index >= 15 is 0 Å². The third kappa shape index (κ3) is 3.07. The lowest BCUT2D eigenvalue weighted by Crippen LogP contribution is -2.37. The number of H-pyrrole nitrogens is 1.